The van der Waals surface area contributed by atoms with Gasteiger partial charge in [0.15, 0.2) is 0 Å². The molecule has 0 aromatic carbocycles. The van der Waals surface area contributed by atoms with Crippen LogP contribution in [0, 0.1) is 5.92 Å². The Morgan fingerprint density at radius 1 is 1.20 bits per heavy atom. The first kappa shape index (κ1) is 12.5. The molecule has 2 unspecified atom stereocenters. The van der Waals surface area contributed by atoms with E-state index in [1.54, 1.807) is 24.7 Å². The first-order valence-electron chi connectivity index (χ1n) is 6.33. The Labute approximate surface area is 116 Å². The largest absolute Gasteiger partial charge is 0.469 e. The number of carbonyl (C=O) groups excluding carboxylic acids is 1. The zero-order valence-electron chi connectivity index (χ0n) is 11.0. The third kappa shape index (κ3) is 2.09. The molecule has 6 nitrogen and oxygen atoms in total. The van der Waals surface area contributed by atoms with Crippen LogP contribution in [0.5, 0.6) is 0 Å². The summed E-state index contributed by atoms with van der Waals surface area (Å²) >= 11 is 0. The molecule has 6 heteroatoms. The quantitative estimate of drug-likeness (QED) is 0.781. The second-order valence-corrected chi connectivity index (χ2v) is 4.53. The van der Waals surface area contributed by atoms with Gasteiger partial charge in [0.2, 0.25) is 5.95 Å². The molecule has 0 radical (unpaired) electrons. The highest BCUT2D eigenvalue weighted by atomic mass is 16.5. The van der Waals surface area contributed by atoms with Crippen LogP contribution in [0.4, 0.5) is 5.95 Å². The lowest BCUT2D eigenvalue weighted by atomic mass is 9.86. The van der Waals surface area contributed by atoms with Crippen molar-refractivity contribution in [2.45, 2.75) is 6.04 Å². The molecule has 3 heterocycles. The Hall–Kier alpha value is -2.50. The highest BCUT2D eigenvalue weighted by molar-refractivity contribution is 5.77. The van der Waals surface area contributed by atoms with Crippen LogP contribution in [-0.4, -0.2) is 34.6 Å². The molecule has 1 saturated heterocycles. The van der Waals surface area contributed by atoms with Gasteiger partial charge in [0.25, 0.3) is 0 Å². The molecule has 20 heavy (non-hydrogen) atoms. The van der Waals surface area contributed by atoms with Gasteiger partial charge in [-0.2, -0.15) is 0 Å². The molecule has 1 aliphatic heterocycles. The minimum absolute atomic E-state index is 0.175. The molecule has 0 N–H and O–H groups in total. The SMILES string of the molecule is COC(=O)C1CN(c2ncccn2)C1c1ccccn1. The average molecular weight is 270 g/mol. The minimum Gasteiger partial charge on any atom is -0.469 e. The Morgan fingerprint density at radius 3 is 2.60 bits per heavy atom. The number of rotatable bonds is 3. The lowest BCUT2D eigenvalue weighted by molar-refractivity contribution is -0.148. The summed E-state index contributed by atoms with van der Waals surface area (Å²) in [5.74, 6) is 0.134. The molecule has 1 fully saturated rings. The maximum absolute atomic E-state index is 11.8. The summed E-state index contributed by atoms with van der Waals surface area (Å²) in [5, 5.41) is 0. The molecule has 2 aromatic heterocycles. The predicted molar refractivity (Wildman–Crippen MR) is 71.9 cm³/mol. The maximum atomic E-state index is 11.8. The zero-order chi connectivity index (χ0) is 13.9. The van der Waals surface area contributed by atoms with Gasteiger partial charge in [0.1, 0.15) is 5.92 Å². The van der Waals surface area contributed by atoms with Gasteiger partial charge in [-0.05, 0) is 18.2 Å². The van der Waals surface area contributed by atoms with Crippen molar-refractivity contribution < 1.29 is 9.53 Å². The molecule has 0 amide bonds. The van der Waals surface area contributed by atoms with E-state index in [1.807, 2.05) is 23.1 Å². The first-order valence-corrected chi connectivity index (χ1v) is 6.33. The number of hydrogen-bond donors (Lipinski definition) is 0. The first-order chi connectivity index (χ1) is 9.81. The number of esters is 1. The number of hydrogen-bond acceptors (Lipinski definition) is 6. The third-order valence-electron chi connectivity index (χ3n) is 3.41. The fraction of sp³-hybridized carbons (Fsp3) is 0.286. The molecule has 1 aliphatic rings. The second-order valence-electron chi connectivity index (χ2n) is 4.53. The molecule has 3 rings (SSSR count). The molecule has 0 spiro atoms. The van der Waals surface area contributed by atoms with Crippen molar-refractivity contribution in [1.29, 1.82) is 0 Å². The van der Waals surface area contributed by atoms with Crippen molar-refractivity contribution in [3.63, 3.8) is 0 Å². The van der Waals surface area contributed by atoms with Gasteiger partial charge in [-0.25, -0.2) is 9.97 Å². The van der Waals surface area contributed by atoms with Crippen molar-refractivity contribution in [1.82, 2.24) is 15.0 Å². The maximum Gasteiger partial charge on any atom is 0.312 e. The molecular formula is C14H14N4O2. The summed E-state index contributed by atoms with van der Waals surface area (Å²) in [6, 6.07) is 7.23. The van der Waals surface area contributed by atoms with Gasteiger partial charge in [-0.3, -0.25) is 9.78 Å². The predicted octanol–water partition coefficient (Wildman–Crippen LogP) is 1.22. The monoisotopic (exact) mass is 270 g/mol. The number of methoxy groups -OCH3 is 1. The van der Waals surface area contributed by atoms with Crippen molar-refractivity contribution in [3.05, 3.63) is 48.5 Å². The Kier molecular flexibility index (Phi) is 3.28. The Bertz CT molecular complexity index is 591. The average Bonchev–Trinajstić information content (AvgIpc) is 2.48. The van der Waals surface area contributed by atoms with Crippen molar-refractivity contribution in [2.24, 2.45) is 5.92 Å². The van der Waals surface area contributed by atoms with E-state index in [0.29, 0.717) is 12.5 Å². The smallest absolute Gasteiger partial charge is 0.312 e. The van der Waals surface area contributed by atoms with Crippen LogP contribution < -0.4 is 4.90 Å². The van der Waals surface area contributed by atoms with Crippen LogP contribution in [0.1, 0.15) is 11.7 Å². The van der Waals surface area contributed by atoms with E-state index < -0.39 is 0 Å². The summed E-state index contributed by atoms with van der Waals surface area (Å²) in [6.07, 6.45) is 5.08. The van der Waals surface area contributed by atoms with Gasteiger partial charge in [0, 0.05) is 25.1 Å². The van der Waals surface area contributed by atoms with Crippen LogP contribution in [-0.2, 0) is 9.53 Å². The van der Waals surface area contributed by atoms with E-state index in [0.717, 1.165) is 5.69 Å². The number of anilines is 1. The Balaban J connectivity index is 1.92. The summed E-state index contributed by atoms with van der Waals surface area (Å²) < 4.78 is 4.86. The molecule has 0 aliphatic carbocycles. The van der Waals surface area contributed by atoms with E-state index in [1.165, 1.54) is 7.11 Å². The standard InChI is InChI=1S/C14H14N4O2/c1-20-13(19)10-9-18(14-16-7-4-8-17-14)12(10)11-5-2-3-6-15-11/h2-8,10,12H,9H2,1H3. The topological polar surface area (TPSA) is 68.2 Å². The summed E-state index contributed by atoms with van der Waals surface area (Å²) in [6.45, 7) is 0.540. The number of nitrogens with zero attached hydrogens (tertiary/aromatic N) is 4. The second kappa shape index (κ2) is 5.24. The van der Waals surface area contributed by atoms with Crippen molar-refractivity contribution >= 4 is 11.9 Å². The zero-order valence-corrected chi connectivity index (χ0v) is 11.0. The van der Waals surface area contributed by atoms with Gasteiger partial charge < -0.3 is 9.64 Å². The lowest BCUT2D eigenvalue weighted by Gasteiger charge is -2.45. The summed E-state index contributed by atoms with van der Waals surface area (Å²) in [7, 11) is 1.40. The van der Waals surface area contributed by atoms with Gasteiger partial charge in [-0.1, -0.05) is 6.07 Å². The fourth-order valence-electron chi connectivity index (χ4n) is 2.42. The summed E-state index contributed by atoms with van der Waals surface area (Å²) in [5.41, 5.74) is 0.821. The van der Waals surface area contributed by atoms with Crippen LogP contribution >= 0.6 is 0 Å². The van der Waals surface area contributed by atoms with Gasteiger partial charge in [-0.15, -0.1) is 0 Å². The summed E-state index contributed by atoms with van der Waals surface area (Å²) in [4.78, 5) is 26.6. The highest BCUT2D eigenvalue weighted by Gasteiger charge is 2.47. The third-order valence-corrected chi connectivity index (χ3v) is 3.41. The highest BCUT2D eigenvalue weighted by Crippen LogP contribution is 2.40. The molecule has 0 saturated carbocycles. The van der Waals surface area contributed by atoms with Crippen LogP contribution in [0.2, 0.25) is 0 Å². The van der Waals surface area contributed by atoms with Crippen LogP contribution in [0.25, 0.3) is 0 Å². The number of pyridine rings is 1. The van der Waals surface area contributed by atoms with Crippen LogP contribution in [0.15, 0.2) is 42.9 Å². The minimum atomic E-state index is -0.237. The van der Waals surface area contributed by atoms with Crippen molar-refractivity contribution in [3.8, 4) is 0 Å². The molecule has 2 aromatic rings. The molecular weight excluding hydrogens is 256 g/mol. The Morgan fingerprint density at radius 2 is 1.95 bits per heavy atom. The van der Waals surface area contributed by atoms with E-state index in [-0.39, 0.29) is 17.9 Å². The molecule has 0 bridgehead atoms. The fourth-order valence-corrected chi connectivity index (χ4v) is 2.42. The van der Waals surface area contributed by atoms with E-state index in [4.69, 9.17) is 4.74 Å². The lowest BCUT2D eigenvalue weighted by Crippen LogP contribution is -2.54. The molecule has 2 atom stereocenters. The van der Waals surface area contributed by atoms with Gasteiger partial charge in [0.05, 0.1) is 18.8 Å². The van der Waals surface area contributed by atoms with Gasteiger partial charge >= 0.3 is 5.97 Å². The van der Waals surface area contributed by atoms with E-state index in [9.17, 15) is 4.79 Å². The van der Waals surface area contributed by atoms with E-state index in [2.05, 4.69) is 15.0 Å². The van der Waals surface area contributed by atoms with Crippen LogP contribution in [0.3, 0.4) is 0 Å². The number of carbonyl (C=O) groups is 1. The molecule has 102 valence electrons. The van der Waals surface area contributed by atoms with Crippen molar-refractivity contribution in [2.75, 3.05) is 18.6 Å². The normalized spacial score (nSPS) is 21.1. The number of ether oxygens (including phenoxy) is 1. The number of aromatic nitrogens is 3. The van der Waals surface area contributed by atoms with E-state index >= 15 is 0 Å².